The first-order valence-electron chi connectivity index (χ1n) is 10.5. The highest BCUT2D eigenvalue weighted by Crippen LogP contribution is 2.26. The van der Waals surface area contributed by atoms with Gasteiger partial charge in [-0.2, -0.15) is 0 Å². The molecule has 4 rings (SSSR count). The Morgan fingerprint density at radius 1 is 1.20 bits per heavy atom. The van der Waals surface area contributed by atoms with Gasteiger partial charge in [-0.1, -0.05) is 31.4 Å². The summed E-state index contributed by atoms with van der Waals surface area (Å²) in [6.45, 7) is 0. The summed E-state index contributed by atoms with van der Waals surface area (Å²) in [7, 11) is 0. The number of aromatic nitrogens is 1. The van der Waals surface area contributed by atoms with Crippen LogP contribution in [-0.2, 0) is 16.0 Å². The van der Waals surface area contributed by atoms with Crippen LogP contribution in [0.5, 0.6) is 0 Å². The summed E-state index contributed by atoms with van der Waals surface area (Å²) in [5, 5.41) is 7.71. The van der Waals surface area contributed by atoms with Crippen LogP contribution in [0.3, 0.4) is 0 Å². The van der Waals surface area contributed by atoms with Crippen molar-refractivity contribution < 1.29 is 14.4 Å². The molecular formula is C22H26N4O3S. The van der Waals surface area contributed by atoms with Crippen LogP contribution >= 0.6 is 11.3 Å². The van der Waals surface area contributed by atoms with Gasteiger partial charge >= 0.3 is 6.03 Å². The van der Waals surface area contributed by atoms with Gasteiger partial charge in [0.2, 0.25) is 5.91 Å². The highest BCUT2D eigenvalue weighted by molar-refractivity contribution is 7.09. The number of nitrogens with zero attached hydrogens (tertiary/aromatic N) is 2. The van der Waals surface area contributed by atoms with Gasteiger partial charge in [0.25, 0.3) is 5.91 Å². The van der Waals surface area contributed by atoms with Crippen LogP contribution in [0.2, 0.25) is 0 Å². The maximum atomic E-state index is 12.8. The largest absolute Gasteiger partial charge is 0.347 e. The van der Waals surface area contributed by atoms with Crippen molar-refractivity contribution in [3.05, 3.63) is 52.5 Å². The van der Waals surface area contributed by atoms with Gasteiger partial charge in [0.05, 0.1) is 18.2 Å². The fourth-order valence-corrected chi connectivity index (χ4v) is 5.00. The second kappa shape index (κ2) is 9.38. The van der Waals surface area contributed by atoms with Crippen molar-refractivity contribution in [1.82, 2.24) is 20.5 Å². The third kappa shape index (κ3) is 4.70. The van der Waals surface area contributed by atoms with E-state index in [0.29, 0.717) is 6.42 Å². The zero-order chi connectivity index (χ0) is 20.9. The molecule has 1 aliphatic heterocycles. The Morgan fingerprint density at radius 3 is 2.73 bits per heavy atom. The molecule has 0 radical (unpaired) electrons. The Balaban J connectivity index is 1.40. The highest BCUT2D eigenvalue weighted by atomic mass is 32.1. The molecule has 4 amide bonds. The number of thiophene rings is 1. The lowest BCUT2D eigenvalue weighted by molar-refractivity contribution is -0.132. The van der Waals surface area contributed by atoms with E-state index in [1.165, 1.54) is 4.90 Å². The Labute approximate surface area is 179 Å². The minimum atomic E-state index is -0.800. The third-order valence-electron chi connectivity index (χ3n) is 5.75. The lowest BCUT2D eigenvalue weighted by Crippen LogP contribution is -2.42. The van der Waals surface area contributed by atoms with Crippen molar-refractivity contribution in [1.29, 1.82) is 0 Å². The van der Waals surface area contributed by atoms with Gasteiger partial charge in [-0.15, -0.1) is 11.3 Å². The van der Waals surface area contributed by atoms with Gasteiger partial charge < -0.3 is 10.6 Å². The van der Waals surface area contributed by atoms with E-state index in [4.69, 9.17) is 0 Å². The molecule has 2 aromatic rings. The van der Waals surface area contributed by atoms with Crippen molar-refractivity contribution in [3.8, 4) is 0 Å². The summed E-state index contributed by atoms with van der Waals surface area (Å²) in [6, 6.07) is 8.10. The van der Waals surface area contributed by atoms with Gasteiger partial charge in [-0.25, -0.2) is 4.79 Å². The first kappa shape index (κ1) is 20.5. The number of carbonyl (C=O) groups excluding carboxylic acids is 3. The molecule has 158 valence electrons. The Kier molecular flexibility index (Phi) is 6.42. The van der Waals surface area contributed by atoms with Crippen LogP contribution < -0.4 is 10.6 Å². The molecule has 8 heteroatoms. The van der Waals surface area contributed by atoms with Gasteiger partial charge in [-0.05, 0) is 36.4 Å². The molecule has 2 N–H and O–H groups in total. The van der Waals surface area contributed by atoms with Gasteiger partial charge in [0.15, 0.2) is 0 Å². The molecule has 2 aromatic heterocycles. The molecule has 0 unspecified atom stereocenters. The van der Waals surface area contributed by atoms with Crippen LogP contribution in [0.4, 0.5) is 4.79 Å². The lowest BCUT2D eigenvalue weighted by Gasteiger charge is -2.28. The van der Waals surface area contributed by atoms with E-state index in [9.17, 15) is 14.4 Å². The summed E-state index contributed by atoms with van der Waals surface area (Å²) in [5.74, 6) is -0.555. The van der Waals surface area contributed by atoms with Gasteiger partial charge in [0.1, 0.15) is 6.04 Å². The van der Waals surface area contributed by atoms with Crippen molar-refractivity contribution in [3.63, 3.8) is 0 Å². The molecule has 1 saturated carbocycles. The van der Waals surface area contributed by atoms with Crippen LogP contribution in [0, 0.1) is 0 Å². The molecule has 3 heterocycles. The molecule has 1 aliphatic carbocycles. The quantitative estimate of drug-likeness (QED) is 0.665. The topological polar surface area (TPSA) is 91.4 Å². The van der Waals surface area contributed by atoms with Gasteiger partial charge in [0, 0.05) is 23.5 Å². The highest BCUT2D eigenvalue weighted by Gasteiger charge is 2.43. The summed E-state index contributed by atoms with van der Waals surface area (Å²) in [5.41, 5.74) is 0.768. The monoisotopic (exact) mass is 426 g/mol. The zero-order valence-corrected chi connectivity index (χ0v) is 17.6. The summed E-state index contributed by atoms with van der Waals surface area (Å²) in [6.07, 6.45) is 7.15. The zero-order valence-electron chi connectivity index (χ0n) is 16.8. The standard InChI is InChI=1S/C22H26N4O3S/c27-20(14-19-21(28)26(22(29)25-19)15-7-2-1-3-8-15)24-18(13-16-9-6-12-30-16)17-10-4-5-11-23-17/h4-6,9-12,15,18-19H,1-3,7-8,13-14H2,(H,24,27)(H,25,29)/t18-,19-/m0/s1. The van der Waals surface area contributed by atoms with Crippen molar-refractivity contribution in [2.24, 2.45) is 0 Å². The van der Waals surface area contributed by atoms with Crippen molar-refractivity contribution >= 4 is 29.2 Å². The van der Waals surface area contributed by atoms with E-state index in [0.717, 1.165) is 42.7 Å². The Bertz CT molecular complexity index is 881. The van der Waals surface area contributed by atoms with Crippen LogP contribution in [0.1, 0.15) is 55.1 Å². The number of carbonyl (C=O) groups is 3. The Hall–Kier alpha value is -2.74. The van der Waals surface area contributed by atoms with Crippen molar-refractivity contribution in [2.45, 2.75) is 63.1 Å². The fourth-order valence-electron chi connectivity index (χ4n) is 4.25. The normalized spacial score (nSPS) is 20.8. The van der Waals surface area contributed by atoms with Gasteiger partial charge in [-0.3, -0.25) is 19.5 Å². The smallest absolute Gasteiger partial charge is 0.325 e. The average Bonchev–Trinajstić information content (AvgIpc) is 3.36. The summed E-state index contributed by atoms with van der Waals surface area (Å²) >= 11 is 1.63. The molecule has 2 fully saturated rings. The number of rotatable bonds is 7. The fraction of sp³-hybridized carbons (Fsp3) is 0.455. The number of nitrogens with one attached hydrogen (secondary N) is 2. The molecule has 0 bridgehead atoms. The summed E-state index contributed by atoms with van der Waals surface area (Å²) < 4.78 is 0. The van der Waals surface area contributed by atoms with Crippen LogP contribution in [0.15, 0.2) is 41.9 Å². The number of hydrogen-bond acceptors (Lipinski definition) is 5. The van der Waals surface area contributed by atoms with Crippen LogP contribution in [0.25, 0.3) is 0 Å². The minimum Gasteiger partial charge on any atom is -0.347 e. The van der Waals surface area contributed by atoms with Crippen LogP contribution in [-0.4, -0.2) is 39.8 Å². The molecular weight excluding hydrogens is 400 g/mol. The minimum absolute atomic E-state index is 0.0422. The second-order valence-corrected chi connectivity index (χ2v) is 8.90. The SMILES string of the molecule is O=C(C[C@@H]1NC(=O)N(C2CCCCC2)C1=O)N[C@@H](Cc1cccs1)c1ccccn1. The molecule has 0 spiro atoms. The number of amides is 4. The molecule has 1 saturated heterocycles. The number of imide groups is 1. The van der Waals surface area contributed by atoms with Crippen molar-refractivity contribution in [2.75, 3.05) is 0 Å². The molecule has 0 aromatic carbocycles. The Morgan fingerprint density at radius 2 is 2.03 bits per heavy atom. The third-order valence-corrected chi connectivity index (χ3v) is 6.65. The van der Waals surface area contributed by atoms with E-state index in [1.54, 1.807) is 17.5 Å². The number of pyridine rings is 1. The second-order valence-electron chi connectivity index (χ2n) is 7.86. The molecule has 30 heavy (non-hydrogen) atoms. The first-order chi connectivity index (χ1) is 14.6. The maximum Gasteiger partial charge on any atom is 0.325 e. The first-order valence-corrected chi connectivity index (χ1v) is 11.4. The van der Waals surface area contributed by atoms with E-state index in [-0.39, 0.29) is 36.3 Å². The average molecular weight is 427 g/mol. The molecule has 7 nitrogen and oxygen atoms in total. The van der Waals surface area contributed by atoms with E-state index in [2.05, 4.69) is 15.6 Å². The van der Waals surface area contributed by atoms with E-state index in [1.807, 2.05) is 35.7 Å². The predicted molar refractivity (Wildman–Crippen MR) is 114 cm³/mol. The number of urea groups is 1. The molecule has 2 atom stereocenters. The number of hydrogen-bond donors (Lipinski definition) is 2. The van der Waals surface area contributed by atoms with E-state index < -0.39 is 6.04 Å². The maximum absolute atomic E-state index is 12.8. The summed E-state index contributed by atoms with van der Waals surface area (Å²) in [4.78, 5) is 44.9. The lowest BCUT2D eigenvalue weighted by atomic mass is 9.94. The molecule has 2 aliphatic rings. The predicted octanol–water partition coefficient (Wildman–Crippen LogP) is 3.19. The van der Waals surface area contributed by atoms with E-state index >= 15 is 0 Å².